The summed E-state index contributed by atoms with van der Waals surface area (Å²) in [5.41, 5.74) is 0. The van der Waals surface area contributed by atoms with Crippen molar-refractivity contribution in [1.29, 1.82) is 0 Å². The predicted octanol–water partition coefficient (Wildman–Crippen LogP) is 1.64. The zero-order chi connectivity index (χ0) is 13.7. The zero-order valence-electron chi connectivity index (χ0n) is 12.7. The van der Waals surface area contributed by atoms with Crippen molar-refractivity contribution in [3.8, 4) is 0 Å². The molecule has 0 aliphatic carbocycles. The van der Waals surface area contributed by atoms with Crippen molar-refractivity contribution in [3.63, 3.8) is 0 Å². The maximum atomic E-state index is 5.82. The normalized spacial score (nSPS) is 37.4. The fraction of sp³-hybridized carbons (Fsp3) is 1.00. The summed E-state index contributed by atoms with van der Waals surface area (Å²) in [4.78, 5) is 2.64. The molecule has 0 aromatic rings. The second-order valence-corrected chi connectivity index (χ2v) is 5.89. The minimum Gasteiger partial charge on any atom is -0.380 e. The van der Waals surface area contributed by atoms with Crippen LogP contribution in [0.25, 0.3) is 0 Å². The molecule has 1 N–H and O–H groups in total. The van der Waals surface area contributed by atoms with Gasteiger partial charge in [-0.3, -0.25) is 4.90 Å². The lowest BCUT2D eigenvalue weighted by molar-refractivity contribution is -0.103. The molecule has 112 valence electrons. The third-order valence-electron chi connectivity index (χ3n) is 4.39. The van der Waals surface area contributed by atoms with E-state index in [9.17, 15) is 0 Å². The Morgan fingerprint density at radius 1 is 1.26 bits per heavy atom. The fourth-order valence-electron chi connectivity index (χ4n) is 3.25. The Labute approximate surface area is 117 Å². The Hall–Kier alpha value is -0.160. The number of hydrogen-bond donors (Lipinski definition) is 1. The number of nitrogens with zero attached hydrogens (tertiary/aromatic N) is 1. The van der Waals surface area contributed by atoms with Crippen LogP contribution in [-0.4, -0.2) is 62.0 Å². The summed E-state index contributed by atoms with van der Waals surface area (Å²) in [7, 11) is 0. The summed E-state index contributed by atoms with van der Waals surface area (Å²) in [6.07, 6.45) is 3.83. The molecule has 0 bridgehead atoms. The van der Waals surface area contributed by atoms with Gasteiger partial charge in [-0.1, -0.05) is 13.8 Å². The molecule has 2 heterocycles. The molecule has 2 aliphatic heterocycles. The Morgan fingerprint density at radius 2 is 2.11 bits per heavy atom. The van der Waals surface area contributed by atoms with Crippen LogP contribution >= 0.6 is 0 Å². The van der Waals surface area contributed by atoms with Crippen LogP contribution in [0.5, 0.6) is 0 Å². The van der Waals surface area contributed by atoms with E-state index in [0.29, 0.717) is 24.2 Å². The highest BCUT2D eigenvalue weighted by Crippen LogP contribution is 2.23. The van der Waals surface area contributed by atoms with Gasteiger partial charge in [-0.15, -0.1) is 0 Å². The Morgan fingerprint density at radius 3 is 2.84 bits per heavy atom. The molecule has 19 heavy (non-hydrogen) atoms. The van der Waals surface area contributed by atoms with Gasteiger partial charge < -0.3 is 14.8 Å². The van der Waals surface area contributed by atoms with Crippen molar-refractivity contribution in [1.82, 2.24) is 10.2 Å². The van der Waals surface area contributed by atoms with Gasteiger partial charge in [0.1, 0.15) is 0 Å². The van der Waals surface area contributed by atoms with Crippen LogP contribution in [0.1, 0.15) is 40.0 Å². The maximum Gasteiger partial charge on any atom is 0.0674 e. The van der Waals surface area contributed by atoms with Gasteiger partial charge in [0.15, 0.2) is 0 Å². The average Bonchev–Trinajstić information content (AvgIpc) is 2.45. The molecule has 4 nitrogen and oxygen atoms in total. The molecule has 0 amide bonds. The second kappa shape index (κ2) is 7.58. The molecule has 0 aromatic heterocycles. The molecule has 2 fully saturated rings. The van der Waals surface area contributed by atoms with Crippen molar-refractivity contribution in [2.75, 3.05) is 32.9 Å². The molecule has 0 spiro atoms. The van der Waals surface area contributed by atoms with Gasteiger partial charge in [0.05, 0.1) is 19.3 Å². The Bertz CT molecular complexity index is 263. The van der Waals surface area contributed by atoms with E-state index >= 15 is 0 Å². The molecule has 2 rings (SSSR count). The molecular formula is C15H30N2O2. The SMILES string of the molecule is CCCNC1CCOCC1N1CC(C)OCC1CC. The minimum absolute atomic E-state index is 0.344. The highest BCUT2D eigenvalue weighted by molar-refractivity contribution is 4.92. The van der Waals surface area contributed by atoms with Crippen LogP contribution in [0.15, 0.2) is 0 Å². The summed E-state index contributed by atoms with van der Waals surface area (Å²) in [6.45, 7) is 11.4. The van der Waals surface area contributed by atoms with Gasteiger partial charge in [-0.05, 0) is 32.7 Å². The first kappa shape index (κ1) is 15.2. The molecule has 0 radical (unpaired) electrons. The number of hydrogen-bond acceptors (Lipinski definition) is 4. The highest BCUT2D eigenvalue weighted by atomic mass is 16.5. The lowest BCUT2D eigenvalue weighted by atomic mass is 9.97. The first-order valence-corrected chi connectivity index (χ1v) is 7.94. The van der Waals surface area contributed by atoms with Gasteiger partial charge in [-0.2, -0.15) is 0 Å². The molecular weight excluding hydrogens is 240 g/mol. The quantitative estimate of drug-likeness (QED) is 0.823. The van der Waals surface area contributed by atoms with Gasteiger partial charge in [0.25, 0.3) is 0 Å². The van der Waals surface area contributed by atoms with E-state index in [0.717, 1.165) is 45.8 Å². The highest BCUT2D eigenvalue weighted by Gasteiger charge is 2.36. The van der Waals surface area contributed by atoms with E-state index in [1.54, 1.807) is 0 Å². The van der Waals surface area contributed by atoms with Crippen LogP contribution in [0.2, 0.25) is 0 Å². The van der Waals surface area contributed by atoms with E-state index in [2.05, 4.69) is 31.0 Å². The van der Waals surface area contributed by atoms with Crippen molar-refractivity contribution < 1.29 is 9.47 Å². The molecule has 2 saturated heterocycles. The summed E-state index contributed by atoms with van der Waals surface area (Å²) >= 11 is 0. The summed E-state index contributed by atoms with van der Waals surface area (Å²) in [5, 5.41) is 3.72. The topological polar surface area (TPSA) is 33.7 Å². The lowest BCUT2D eigenvalue weighted by Gasteiger charge is -2.47. The molecule has 4 atom stereocenters. The molecule has 2 aliphatic rings. The lowest BCUT2D eigenvalue weighted by Crippen LogP contribution is -2.62. The van der Waals surface area contributed by atoms with Crippen LogP contribution in [0.4, 0.5) is 0 Å². The fourth-order valence-corrected chi connectivity index (χ4v) is 3.25. The van der Waals surface area contributed by atoms with Crippen molar-refractivity contribution in [2.24, 2.45) is 0 Å². The van der Waals surface area contributed by atoms with Crippen LogP contribution < -0.4 is 5.32 Å². The number of morpholine rings is 1. The van der Waals surface area contributed by atoms with Crippen LogP contribution in [0, 0.1) is 0 Å². The monoisotopic (exact) mass is 270 g/mol. The third kappa shape index (κ3) is 3.91. The smallest absolute Gasteiger partial charge is 0.0674 e. The molecule has 0 saturated carbocycles. The van der Waals surface area contributed by atoms with Gasteiger partial charge in [0, 0.05) is 31.3 Å². The van der Waals surface area contributed by atoms with E-state index in [4.69, 9.17) is 9.47 Å². The number of ether oxygens (including phenoxy) is 2. The minimum atomic E-state index is 0.344. The standard InChI is InChI=1S/C15H30N2O2/c1-4-7-16-14-6-8-18-11-15(14)17-9-12(3)19-10-13(17)5-2/h12-16H,4-11H2,1-3H3. The van der Waals surface area contributed by atoms with Crippen molar-refractivity contribution in [2.45, 2.75) is 64.3 Å². The number of nitrogens with one attached hydrogen (secondary N) is 1. The zero-order valence-corrected chi connectivity index (χ0v) is 12.7. The van der Waals surface area contributed by atoms with Crippen LogP contribution in [-0.2, 0) is 9.47 Å². The third-order valence-corrected chi connectivity index (χ3v) is 4.39. The van der Waals surface area contributed by atoms with Gasteiger partial charge in [-0.25, -0.2) is 0 Å². The predicted molar refractivity (Wildman–Crippen MR) is 77.5 cm³/mol. The Kier molecular flexibility index (Phi) is 6.07. The summed E-state index contributed by atoms with van der Waals surface area (Å²) < 4.78 is 11.6. The van der Waals surface area contributed by atoms with Crippen LogP contribution in [0.3, 0.4) is 0 Å². The second-order valence-electron chi connectivity index (χ2n) is 5.89. The summed E-state index contributed by atoms with van der Waals surface area (Å²) in [6, 6.07) is 1.64. The van der Waals surface area contributed by atoms with Crippen molar-refractivity contribution >= 4 is 0 Å². The van der Waals surface area contributed by atoms with E-state index < -0.39 is 0 Å². The average molecular weight is 270 g/mol. The molecule has 0 aromatic carbocycles. The van der Waals surface area contributed by atoms with E-state index in [1.807, 2.05) is 0 Å². The largest absolute Gasteiger partial charge is 0.380 e. The first-order valence-electron chi connectivity index (χ1n) is 7.94. The molecule has 4 unspecified atom stereocenters. The number of rotatable bonds is 5. The molecule has 4 heteroatoms. The van der Waals surface area contributed by atoms with E-state index in [-0.39, 0.29) is 0 Å². The van der Waals surface area contributed by atoms with E-state index in [1.165, 1.54) is 6.42 Å². The first-order chi connectivity index (χ1) is 9.26. The summed E-state index contributed by atoms with van der Waals surface area (Å²) in [5.74, 6) is 0. The Balaban J connectivity index is 2.01. The van der Waals surface area contributed by atoms with Gasteiger partial charge >= 0.3 is 0 Å². The van der Waals surface area contributed by atoms with Gasteiger partial charge in [0.2, 0.25) is 0 Å². The maximum absolute atomic E-state index is 5.82. The van der Waals surface area contributed by atoms with Crippen molar-refractivity contribution in [3.05, 3.63) is 0 Å².